The standard InChI is InChI=1S/C16H16F2N4O2S/c1-10-4-16(20-9-19-10)21-7-12-6-13(8-21)22(12)25(23,24)15-3-2-11(17)5-14(15)18/h2-5,9,12-13H,6-8H2,1H3. The van der Waals surface area contributed by atoms with Crippen LogP contribution < -0.4 is 4.90 Å². The average molecular weight is 366 g/mol. The van der Waals surface area contributed by atoms with Gasteiger partial charge in [-0.1, -0.05) is 0 Å². The minimum Gasteiger partial charge on any atom is -0.353 e. The lowest BCUT2D eigenvalue weighted by atomic mass is 9.91. The van der Waals surface area contributed by atoms with Gasteiger partial charge < -0.3 is 4.90 Å². The van der Waals surface area contributed by atoms with Crippen molar-refractivity contribution < 1.29 is 17.2 Å². The van der Waals surface area contributed by atoms with E-state index in [-0.39, 0.29) is 12.1 Å². The van der Waals surface area contributed by atoms with Crippen molar-refractivity contribution in [2.75, 3.05) is 18.0 Å². The lowest BCUT2D eigenvalue weighted by Gasteiger charge is -2.55. The molecule has 3 aliphatic rings. The second kappa shape index (κ2) is 5.70. The quantitative estimate of drug-likeness (QED) is 0.828. The molecule has 4 heterocycles. The minimum atomic E-state index is -3.99. The summed E-state index contributed by atoms with van der Waals surface area (Å²) in [7, 11) is -3.99. The van der Waals surface area contributed by atoms with Crippen molar-refractivity contribution in [3.63, 3.8) is 0 Å². The number of rotatable bonds is 3. The molecule has 2 atom stereocenters. The molecule has 25 heavy (non-hydrogen) atoms. The Balaban J connectivity index is 1.59. The van der Waals surface area contributed by atoms with Crippen LogP contribution in [0.3, 0.4) is 0 Å². The van der Waals surface area contributed by atoms with Gasteiger partial charge in [0, 0.05) is 43.0 Å². The number of hydrogen-bond acceptors (Lipinski definition) is 5. The first-order valence-electron chi connectivity index (χ1n) is 7.88. The maximum atomic E-state index is 14.0. The van der Waals surface area contributed by atoms with Crippen LogP contribution in [0.4, 0.5) is 14.6 Å². The van der Waals surface area contributed by atoms with E-state index in [9.17, 15) is 17.2 Å². The van der Waals surface area contributed by atoms with Gasteiger partial charge in [-0.15, -0.1) is 0 Å². The number of nitrogens with zero attached hydrogens (tertiary/aromatic N) is 4. The van der Waals surface area contributed by atoms with Gasteiger partial charge in [0.25, 0.3) is 0 Å². The SMILES string of the molecule is Cc1cc(N2CC3CC(C2)N3S(=O)(=O)c2ccc(F)cc2F)ncn1. The molecule has 2 bridgehead atoms. The third-order valence-corrected chi connectivity index (χ3v) is 6.73. The number of anilines is 1. The Hall–Kier alpha value is -2.13. The predicted octanol–water partition coefficient (Wildman–Crippen LogP) is 1.72. The molecule has 6 nitrogen and oxygen atoms in total. The molecule has 0 saturated carbocycles. The summed E-state index contributed by atoms with van der Waals surface area (Å²) in [5.41, 5.74) is 0.835. The van der Waals surface area contributed by atoms with E-state index in [0.29, 0.717) is 19.2 Å². The fraction of sp³-hybridized carbons (Fsp3) is 0.375. The first kappa shape index (κ1) is 16.3. The monoisotopic (exact) mass is 366 g/mol. The Morgan fingerprint density at radius 2 is 1.84 bits per heavy atom. The molecule has 0 N–H and O–H groups in total. The molecule has 3 saturated heterocycles. The van der Waals surface area contributed by atoms with Crippen molar-refractivity contribution in [2.24, 2.45) is 0 Å². The second-order valence-corrected chi connectivity index (χ2v) is 8.19. The highest BCUT2D eigenvalue weighted by atomic mass is 32.2. The second-order valence-electron chi connectivity index (χ2n) is 6.38. The first-order chi connectivity index (χ1) is 11.9. The third kappa shape index (κ3) is 2.67. The number of aromatic nitrogens is 2. The van der Waals surface area contributed by atoms with Gasteiger partial charge in [0.15, 0.2) is 0 Å². The maximum absolute atomic E-state index is 14.0. The molecule has 3 fully saturated rings. The topological polar surface area (TPSA) is 66.4 Å². The Kier molecular flexibility index (Phi) is 3.73. The van der Waals surface area contributed by atoms with Crippen LogP contribution in [0.25, 0.3) is 0 Å². The number of halogens is 2. The number of aryl methyl sites for hydroxylation is 1. The van der Waals surface area contributed by atoms with E-state index in [1.165, 1.54) is 10.6 Å². The Labute approximate surface area is 144 Å². The van der Waals surface area contributed by atoms with E-state index in [4.69, 9.17) is 0 Å². The number of hydrogen-bond donors (Lipinski definition) is 0. The molecule has 1 aromatic heterocycles. The minimum absolute atomic E-state index is 0.247. The summed E-state index contributed by atoms with van der Waals surface area (Å²) in [5.74, 6) is -1.11. The van der Waals surface area contributed by atoms with Crippen LogP contribution in [0, 0.1) is 18.6 Å². The van der Waals surface area contributed by atoms with Crippen LogP contribution in [-0.4, -0.2) is 47.9 Å². The molecule has 0 spiro atoms. The van der Waals surface area contributed by atoms with E-state index >= 15 is 0 Å². The molecule has 2 aromatic rings. The van der Waals surface area contributed by atoms with E-state index < -0.39 is 26.6 Å². The van der Waals surface area contributed by atoms with Crippen molar-refractivity contribution in [1.29, 1.82) is 0 Å². The number of sulfonamides is 1. The highest BCUT2D eigenvalue weighted by molar-refractivity contribution is 7.89. The van der Waals surface area contributed by atoms with Crippen LogP contribution in [-0.2, 0) is 10.0 Å². The van der Waals surface area contributed by atoms with Gasteiger partial charge in [-0.25, -0.2) is 27.2 Å². The summed E-state index contributed by atoms with van der Waals surface area (Å²) in [4.78, 5) is 9.83. The van der Waals surface area contributed by atoms with Crippen LogP contribution in [0.2, 0.25) is 0 Å². The summed E-state index contributed by atoms with van der Waals surface area (Å²) in [6.45, 7) is 2.83. The first-order valence-corrected chi connectivity index (χ1v) is 9.32. The summed E-state index contributed by atoms with van der Waals surface area (Å²) in [6.07, 6.45) is 2.20. The highest BCUT2D eigenvalue weighted by Crippen LogP contribution is 2.39. The van der Waals surface area contributed by atoms with Crippen molar-refractivity contribution in [3.05, 3.63) is 47.9 Å². The van der Waals surface area contributed by atoms with Gasteiger partial charge in [0.1, 0.15) is 28.7 Å². The zero-order valence-corrected chi connectivity index (χ0v) is 14.2. The zero-order chi connectivity index (χ0) is 17.8. The molecular formula is C16H16F2N4O2S. The fourth-order valence-electron chi connectivity index (χ4n) is 3.57. The van der Waals surface area contributed by atoms with Crippen LogP contribution in [0.1, 0.15) is 12.1 Å². The Morgan fingerprint density at radius 1 is 1.12 bits per heavy atom. The van der Waals surface area contributed by atoms with Crippen molar-refractivity contribution >= 4 is 15.8 Å². The molecule has 132 valence electrons. The highest BCUT2D eigenvalue weighted by Gasteiger charge is 2.52. The lowest BCUT2D eigenvalue weighted by Crippen LogP contribution is -2.70. The molecular weight excluding hydrogens is 350 g/mol. The van der Waals surface area contributed by atoms with E-state index in [1.807, 2.05) is 17.9 Å². The maximum Gasteiger partial charge on any atom is 0.246 e. The molecule has 2 unspecified atom stereocenters. The van der Waals surface area contributed by atoms with Gasteiger partial charge in [-0.05, 0) is 25.5 Å². The van der Waals surface area contributed by atoms with Crippen LogP contribution in [0.15, 0.2) is 35.5 Å². The largest absolute Gasteiger partial charge is 0.353 e. The normalized spacial score (nSPS) is 23.4. The van der Waals surface area contributed by atoms with Gasteiger partial charge >= 0.3 is 0 Å². The van der Waals surface area contributed by atoms with Crippen molar-refractivity contribution in [2.45, 2.75) is 30.3 Å². The lowest BCUT2D eigenvalue weighted by molar-refractivity contribution is 0.0871. The molecule has 0 radical (unpaired) electrons. The fourth-order valence-corrected chi connectivity index (χ4v) is 5.43. The van der Waals surface area contributed by atoms with Crippen LogP contribution in [0.5, 0.6) is 0 Å². The number of piperazine rings is 1. The summed E-state index contributed by atoms with van der Waals surface area (Å²) >= 11 is 0. The van der Waals surface area contributed by atoms with Crippen molar-refractivity contribution in [3.8, 4) is 0 Å². The summed E-state index contributed by atoms with van der Waals surface area (Å²) < 4.78 is 53.9. The van der Waals surface area contributed by atoms with Crippen molar-refractivity contribution in [1.82, 2.24) is 14.3 Å². The molecule has 9 heteroatoms. The van der Waals surface area contributed by atoms with Gasteiger partial charge in [0.2, 0.25) is 10.0 Å². The molecule has 0 aliphatic carbocycles. The Morgan fingerprint density at radius 3 is 2.48 bits per heavy atom. The van der Waals surface area contributed by atoms with Crippen LogP contribution >= 0.6 is 0 Å². The molecule has 5 rings (SSSR count). The zero-order valence-electron chi connectivity index (χ0n) is 13.4. The number of fused-ring (bicyclic) bond motifs is 2. The van der Waals surface area contributed by atoms with E-state index in [0.717, 1.165) is 30.1 Å². The predicted molar refractivity (Wildman–Crippen MR) is 86.6 cm³/mol. The molecule has 1 aromatic carbocycles. The Bertz CT molecular complexity index is 925. The summed E-state index contributed by atoms with van der Waals surface area (Å²) in [5, 5.41) is 0. The third-order valence-electron chi connectivity index (χ3n) is 4.69. The average Bonchev–Trinajstić information content (AvgIpc) is 2.54. The summed E-state index contributed by atoms with van der Waals surface area (Å²) in [6, 6.07) is 3.90. The van der Waals surface area contributed by atoms with E-state index in [2.05, 4.69) is 9.97 Å². The van der Waals surface area contributed by atoms with E-state index in [1.54, 1.807) is 0 Å². The smallest absolute Gasteiger partial charge is 0.246 e. The number of piperidine rings is 1. The van der Waals surface area contributed by atoms with Gasteiger partial charge in [-0.3, -0.25) is 0 Å². The molecule has 3 aliphatic heterocycles. The van der Waals surface area contributed by atoms with Gasteiger partial charge in [-0.2, -0.15) is 4.31 Å². The molecule has 0 amide bonds. The number of benzene rings is 1. The van der Waals surface area contributed by atoms with Gasteiger partial charge in [0.05, 0.1) is 0 Å².